The van der Waals surface area contributed by atoms with Gasteiger partial charge in [-0.15, -0.1) is 0 Å². The van der Waals surface area contributed by atoms with Gasteiger partial charge in [0.25, 0.3) is 0 Å². The molecule has 3 nitrogen and oxygen atoms in total. The maximum absolute atomic E-state index is 6.20. The van der Waals surface area contributed by atoms with Crippen molar-refractivity contribution in [1.82, 2.24) is 4.90 Å². The van der Waals surface area contributed by atoms with Gasteiger partial charge in [0.05, 0.1) is 12.7 Å². The first-order valence-corrected chi connectivity index (χ1v) is 17.8. The van der Waals surface area contributed by atoms with E-state index in [0.717, 1.165) is 26.4 Å². The van der Waals surface area contributed by atoms with E-state index in [2.05, 4.69) is 57.1 Å². The Morgan fingerprint density at radius 1 is 0.475 bits per heavy atom. The van der Waals surface area contributed by atoms with E-state index in [-0.39, 0.29) is 6.10 Å². The third-order valence-corrected chi connectivity index (χ3v) is 7.68. The van der Waals surface area contributed by atoms with Gasteiger partial charge in [0.1, 0.15) is 0 Å². The van der Waals surface area contributed by atoms with Crippen LogP contribution in [0.25, 0.3) is 0 Å². The maximum Gasteiger partial charge on any atom is 0.0934 e. The van der Waals surface area contributed by atoms with Crippen molar-refractivity contribution in [2.75, 3.05) is 40.5 Å². The molecule has 0 saturated carbocycles. The van der Waals surface area contributed by atoms with Crippen molar-refractivity contribution in [3.63, 3.8) is 0 Å². The van der Waals surface area contributed by atoms with Crippen LogP contribution in [0.3, 0.4) is 0 Å². The number of likely N-dealkylation sites (N-methyl/N-ethyl adjacent to an activating group) is 1. The number of hydrogen-bond donors (Lipinski definition) is 0. The summed E-state index contributed by atoms with van der Waals surface area (Å²) in [7, 11) is 4.25. The van der Waals surface area contributed by atoms with Gasteiger partial charge in [0.2, 0.25) is 0 Å². The second-order valence-corrected chi connectivity index (χ2v) is 12.3. The van der Waals surface area contributed by atoms with Crippen LogP contribution < -0.4 is 0 Å². The Morgan fingerprint density at radius 2 is 0.850 bits per heavy atom. The molecule has 1 atom stereocenters. The number of ether oxygens (including phenoxy) is 2. The van der Waals surface area contributed by atoms with E-state index in [4.69, 9.17) is 9.47 Å². The van der Waals surface area contributed by atoms with Crippen LogP contribution in [0.5, 0.6) is 0 Å². The molecule has 238 valence electrons. The summed E-state index contributed by atoms with van der Waals surface area (Å²) in [5.74, 6) is 0. The van der Waals surface area contributed by atoms with Crippen LogP contribution in [0.2, 0.25) is 0 Å². The molecule has 0 aromatic carbocycles. The molecule has 0 fully saturated rings. The van der Waals surface area contributed by atoms with Crippen LogP contribution in [0.4, 0.5) is 0 Å². The smallest absolute Gasteiger partial charge is 0.0934 e. The number of allylic oxidation sites excluding steroid dienone is 4. The highest BCUT2D eigenvalue weighted by molar-refractivity contribution is 4.82. The van der Waals surface area contributed by atoms with Crippen molar-refractivity contribution < 1.29 is 9.47 Å². The first-order chi connectivity index (χ1) is 19.7. The van der Waals surface area contributed by atoms with Crippen molar-refractivity contribution in [2.45, 2.75) is 174 Å². The van der Waals surface area contributed by atoms with Gasteiger partial charge in [-0.25, -0.2) is 0 Å². The first kappa shape index (κ1) is 39.4. The summed E-state index contributed by atoms with van der Waals surface area (Å²) < 4.78 is 12.2. The number of nitrogens with zero attached hydrogens (tertiary/aromatic N) is 1. The van der Waals surface area contributed by atoms with Crippen molar-refractivity contribution in [1.29, 1.82) is 0 Å². The fourth-order valence-electron chi connectivity index (χ4n) is 5.12. The van der Waals surface area contributed by atoms with E-state index < -0.39 is 0 Å². The van der Waals surface area contributed by atoms with Crippen molar-refractivity contribution >= 4 is 0 Å². The van der Waals surface area contributed by atoms with Gasteiger partial charge in [-0.05, 0) is 78.3 Å². The van der Waals surface area contributed by atoms with E-state index in [1.807, 2.05) is 0 Å². The molecule has 0 aliphatic carbocycles. The summed E-state index contributed by atoms with van der Waals surface area (Å²) in [5.41, 5.74) is 0. The van der Waals surface area contributed by atoms with Gasteiger partial charge in [-0.2, -0.15) is 0 Å². The molecule has 1 unspecified atom stereocenters. The quantitative estimate of drug-likeness (QED) is 0.0585. The molecule has 0 N–H and O–H groups in total. The molecule has 0 amide bonds. The summed E-state index contributed by atoms with van der Waals surface area (Å²) in [5, 5.41) is 0. The monoisotopic (exact) mass is 564 g/mol. The van der Waals surface area contributed by atoms with Gasteiger partial charge in [0.15, 0.2) is 0 Å². The highest BCUT2D eigenvalue weighted by atomic mass is 16.5. The maximum atomic E-state index is 6.20. The van der Waals surface area contributed by atoms with E-state index in [0.29, 0.717) is 0 Å². The van der Waals surface area contributed by atoms with E-state index in [1.54, 1.807) is 0 Å². The van der Waals surface area contributed by atoms with Crippen LogP contribution >= 0.6 is 0 Å². The zero-order valence-electron chi connectivity index (χ0n) is 27.9. The Bertz CT molecular complexity index is 516. The Labute approximate surface area is 252 Å². The Hall–Kier alpha value is -0.640. The molecule has 0 aliphatic rings. The Kier molecular flexibility index (Phi) is 34.0. The summed E-state index contributed by atoms with van der Waals surface area (Å²) in [6, 6.07) is 0. The van der Waals surface area contributed by atoms with E-state index >= 15 is 0 Å². The predicted octanol–water partition coefficient (Wildman–Crippen LogP) is 11.5. The van der Waals surface area contributed by atoms with Crippen LogP contribution in [-0.2, 0) is 9.47 Å². The third-order valence-electron chi connectivity index (χ3n) is 7.68. The summed E-state index contributed by atoms with van der Waals surface area (Å²) >= 11 is 0. The highest BCUT2D eigenvalue weighted by Gasteiger charge is 2.10. The average Bonchev–Trinajstić information content (AvgIpc) is 2.94. The second-order valence-electron chi connectivity index (χ2n) is 12.3. The van der Waals surface area contributed by atoms with Gasteiger partial charge in [-0.3, -0.25) is 0 Å². The van der Waals surface area contributed by atoms with Crippen molar-refractivity contribution in [2.24, 2.45) is 0 Å². The molecular weight excluding hydrogens is 490 g/mol. The van der Waals surface area contributed by atoms with Crippen molar-refractivity contribution in [3.05, 3.63) is 24.3 Å². The minimum Gasteiger partial charge on any atom is -0.379 e. The van der Waals surface area contributed by atoms with E-state index in [1.165, 1.54) is 154 Å². The SMILES string of the molecule is CCCCCC/C=C\CCCCCCCCOCC(CN(C)C)OCCCCCCCC/C=C\CCCCCC. The molecule has 0 spiro atoms. The standard InChI is InChI=1S/C37H73NO2/c1-5-7-9-11-13-15-17-19-21-23-25-27-29-31-33-39-36-37(35-38(3)4)40-34-32-30-28-26-24-22-20-18-16-14-12-10-8-6-2/h15-18,37H,5-14,19-36H2,1-4H3/b17-15-,18-16-. The Morgan fingerprint density at radius 3 is 1.27 bits per heavy atom. The van der Waals surface area contributed by atoms with Crippen molar-refractivity contribution in [3.8, 4) is 0 Å². The minimum absolute atomic E-state index is 0.198. The highest BCUT2D eigenvalue weighted by Crippen LogP contribution is 2.11. The van der Waals surface area contributed by atoms with Crippen LogP contribution in [0.1, 0.15) is 168 Å². The molecule has 3 heteroatoms. The van der Waals surface area contributed by atoms with Gasteiger partial charge in [0, 0.05) is 19.8 Å². The number of rotatable bonds is 33. The molecule has 0 aromatic heterocycles. The fraction of sp³-hybridized carbons (Fsp3) is 0.892. The topological polar surface area (TPSA) is 21.7 Å². The largest absolute Gasteiger partial charge is 0.379 e. The molecule has 0 saturated heterocycles. The van der Waals surface area contributed by atoms with Gasteiger partial charge in [-0.1, -0.05) is 128 Å². The van der Waals surface area contributed by atoms with E-state index in [9.17, 15) is 0 Å². The second kappa shape index (κ2) is 34.6. The zero-order chi connectivity index (χ0) is 29.2. The molecule has 0 aliphatic heterocycles. The Balaban J connectivity index is 3.54. The van der Waals surface area contributed by atoms with Gasteiger partial charge >= 0.3 is 0 Å². The number of hydrogen-bond acceptors (Lipinski definition) is 3. The lowest BCUT2D eigenvalue weighted by atomic mass is 10.1. The lowest BCUT2D eigenvalue weighted by molar-refractivity contribution is -0.0287. The number of unbranched alkanes of at least 4 members (excludes halogenated alkanes) is 20. The molecule has 0 radical (unpaired) electrons. The molecule has 0 aromatic rings. The average molecular weight is 564 g/mol. The fourth-order valence-corrected chi connectivity index (χ4v) is 5.12. The summed E-state index contributed by atoms with van der Waals surface area (Å²) in [6.07, 6.45) is 41.7. The third kappa shape index (κ3) is 33.6. The van der Waals surface area contributed by atoms with Crippen LogP contribution in [0.15, 0.2) is 24.3 Å². The lowest BCUT2D eigenvalue weighted by Crippen LogP contribution is -2.32. The van der Waals surface area contributed by atoms with Crippen LogP contribution in [0, 0.1) is 0 Å². The minimum atomic E-state index is 0.198. The summed E-state index contributed by atoms with van der Waals surface area (Å²) in [6.45, 7) is 7.98. The molecule has 0 bridgehead atoms. The molecule has 0 rings (SSSR count). The molecule has 0 heterocycles. The summed E-state index contributed by atoms with van der Waals surface area (Å²) in [4.78, 5) is 2.22. The zero-order valence-corrected chi connectivity index (χ0v) is 27.9. The molecular formula is C37H73NO2. The predicted molar refractivity (Wildman–Crippen MR) is 180 cm³/mol. The molecule has 40 heavy (non-hydrogen) atoms. The lowest BCUT2D eigenvalue weighted by Gasteiger charge is -2.21. The first-order valence-electron chi connectivity index (χ1n) is 17.8. The normalized spacial score (nSPS) is 12.9. The van der Waals surface area contributed by atoms with Gasteiger partial charge < -0.3 is 14.4 Å². The van der Waals surface area contributed by atoms with Crippen LogP contribution in [-0.4, -0.2) is 51.5 Å².